The van der Waals surface area contributed by atoms with Gasteiger partial charge in [0.25, 0.3) is 11.5 Å². The third-order valence-corrected chi connectivity index (χ3v) is 4.37. The van der Waals surface area contributed by atoms with E-state index >= 15 is 0 Å². The lowest BCUT2D eigenvalue weighted by Crippen LogP contribution is -2.44. The van der Waals surface area contributed by atoms with Gasteiger partial charge in [-0.05, 0) is 25.3 Å². The molecule has 0 saturated carbocycles. The summed E-state index contributed by atoms with van der Waals surface area (Å²) in [5.74, 6) is -0.467. The van der Waals surface area contributed by atoms with E-state index in [0.29, 0.717) is 32.2 Å². The molecule has 0 bridgehead atoms. The quantitative estimate of drug-likeness (QED) is 0.573. The van der Waals surface area contributed by atoms with E-state index in [-0.39, 0.29) is 35.2 Å². The van der Waals surface area contributed by atoms with E-state index in [4.69, 9.17) is 0 Å². The summed E-state index contributed by atoms with van der Waals surface area (Å²) < 4.78 is 1.10. The first-order valence-electron chi connectivity index (χ1n) is 8.80. The largest absolute Gasteiger partial charge is 0.354 e. The van der Waals surface area contributed by atoms with Crippen LogP contribution in [0.3, 0.4) is 0 Å². The van der Waals surface area contributed by atoms with Crippen LogP contribution in [0.1, 0.15) is 49.5 Å². The van der Waals surface area contributed by atoms with E-state index in [1.165, 1.54) is 19.2 Å². The van der Waals surface area contributed by atoms with Crippen LogP contribution in [0.5, 0.6) is 0 Å². The maximum absolute atomic E-state index is 12.2. The summed E-state index contributed by atoms with van der Waals surface area (Å²) in [5.41, 5.74) is -0.145. The first kappa shape index (κ1) is 19.6. The zero-order valence-electron chi connectivity index (χ0n) is 15.1. The maximum atomic E-state index is 12.2. The second-order valence-corrected chi connectivity index (χ2v) is 6.40. The Kier molecular flexibility index (Phi) is 6.88. The number of nitrogens with zero attached hydrogens (tertiary/aromatic N) is 2. The summed E-state index contributed by atoms with van der Waals surface area (Å²) in [6, 6.07) is 2.49. The van der Waals surface area contributed by atoms with Gasteiger partial charge in [-0.25, -0.2) is 4.68 Å². The van der Waals surface area contributed by atoms with Crippen LogP contribution in [0.25, 0.3) is 0 Å². The van der Waals surface area contributed by atoms with Gasteiger partial charge < -0.3 is 16.0 Å². The molecule has 2 heterocycles. The standard InChI is InChI=1S/C17H25N5O4/c1-3-11(20-17(26)13-6-9-16(25)22(2)21-13)10-18-14(23)7-4-12-5-8-15(24)19-12/h6,9,11-12H,3-5,7-8,10H2,1-2H3,(H,18,23)(H,19,24)(H,20,26). The van der Waals surface area contributed by atoms with Crippen molar-refractivity contribution in [3.8, 4) is 0 Å². The van der Waals surface area contributed by atoms with Gasteiger partial charge in [0.1, 0.15) is 5.69 Å². The second kappa shape index (κ2) is 9.12. The highest BCUT2D eigenvalue weighted by Gasteiger charge is 2.21. The number of aromatic nitrogens is 2. The Morgan fingerprint density at radius 3 is 2.77 bits per heavy atom. The van der Waals surface area contributed by atoms with Crippen LogP contribution in [0.2, 0.25) is 0 Å². The summed E-state index contributed by atoms with van der Waals surface area (Å²) in [6.45, 7) is 2.21. The van der Waals surface area contributed by atoms with Crippen LogP contribution in [0.4, 0.5) is 0 Å². The molecule has 26 heavy (non-hydrogen) atoms. The summed E-state index contributed by atoms with van der Waals surface area (Å²) in [4.78, 5) is 46.6. The molecule has 2 atom stereocenters. The Morgan fingerprint density at radius 1 is 1.38 bits per heavy atom. The van der Waals surface area contributed by atoms with E-state index < -0.39 is 5.91 Å². The maximum Gasteiger partial charge on any atom is 0.272 e. The zero-order valence-corrected chi connectivity index (χ0v) is 15.1. The second-order valence-electron chi connectivity index (χ2n) is 6.40. The van der Waals surface area contributed by atoms with Crippen molar-refractivity contribution in [2.45, 2.75) is 51.1 Å². The number of hydrogen-bond donors (Lipinski definition) is 3. The Hall–Kier alpha value is -2.71. The molecule has 0 aromatic carbocycles. The minimum absolute atomic E-state index is 0.0381. The third kappa shape index (κ3) is 5.68. The molecule has 1 aromatic heterocycles. The summed E-state index contributed by atoms with van der Waals surface area (Å²) in [6.07, 6.45) is 2.87. The van der Waals surface area contributed by atoms with Crippen molar-refractivity contribution in [3.63, 3.8) is 0 Å². The van der Waals surface area contributed by atoms with Gasteiger partial charge in [-0.15, -0.1) is 0 Å². The van der Waals surface area contributed by atoms with Crippen molar-refractivity contribution < 1.29 is 14.4 Å². The number of carbonyl (C=O) groups is 3. The van der Waals surface area contributed by atoms with Gasteiger partial charge in [0.2, 0.25) is 11.8 Å². The normalized spacial score (nSPS) is 17.5. The van der Waals surface area contributed by atoms with Crippen molar-refractivity contribution in [2.24, 2.45) is 7.05 Å². The molecule has 0 aliphatic carbocycles. The fraction of sp³-hybridized carbons (Fsp3) is 0.588. The zero-order chi connectivity index (χ0) is 19.1. The summed E-state index contributed by atoms with van der Waals surface area (Å²) in [5, 5.41) is 12.3. The van der Waals surface area contributed by atoms with Crippen LogP contribution in [-0.4, -0.2) is 46.1 Å². The molecular weight excluding hydrogens is 338 g/mol. The molecule has 3 N–H and O–H groups in total. The minimum atomic E-state index is -0.393. The molecule has 0 radical (unpaired) electrons. The Balaban J connectivity index is 1.76. The lowest BCUT2D eigenvalue weighted by atomic mass is 10.1. The van der Waals surface area contributed by atoms with E-state index in [9.17, 15) is 19.2 Å². The van der Waals surface area contributed by atoms with Crippen LogP contribution in [0.15, 0.2) is 16.9 Å². The monoisotopic (exact) mass is 363 g/mol. The predicted octanol–water partition coefficient (Wildman–Crippen LogP) is -0.536. The molecular formula is C17H25N5O4. The molecule has 1 aliphatic heterocycles. The molecule has 2 unspecified atom stereocenters. The van der Waals surface area contributed by atoms with E-state index in [1.807, 2.05) is 6.92 Å². The van der Waals surface area contributed by atoms with Crippen molar-refractivity contribution in [2.75, 3.05) is 6.54 Å². The van der Waals surface area contributed by atoms with Crippen molar-refractivity contribution in [1.82, 2.24) is 25.7 Å². The highest BCUT2D eigenvalue weighted by atomic mass is 16.2. The van der Waals surface area contributed by atoms with Gasteiger partial charge in [0.05, 0.1) is 0 Å². The number of nitrogens with one attached hydrogen (secondary N) is 3. The average molecular weight is 363 g/mol. The minimum Gasteiger partial charge on any atom is -0.354 e. The first-order valence-corrected chi connectivity index (χ1v) is 8.80. The fourth-order valence-corrected chi connectivity index (χ4v) is 2.70. The van der Waals surface area contributed by atoms with Gasteiger partial charge in [-0.3, -0.25) is 19.2 Å². The van der Waals surface area contributed by atoms with Crippen LogP contribution < -0.4 is 21.5 Å². The molecule has 1 aromatic rings. The SMILES string of the molecule is CCC(CNC(=O)CCC1CCC(=O)N1)NC(=O)c1ccc(=O)n(C)n1. The molecule has 1 aliphatic rings. The number of rotatable bonds is 8. The highest BCUT2D eigenvalue weighted by molar-refractivity contribution is 5.92. The van der Waals surface area contributed by atoms with Crippen LogP contribution >= 0.6 is 0 Å². The molecule has 3 amide bonds. The fourth-order valence-electron chi connectivity index (χ4n) is 2.70. The Morgan fingerprint density at radius 2 is 2.15 bits per heavy atom. The lowest BCUT2D eigenvalue weighted by Gasteiger charge is -2.18. The smallest absolute Gasteiger partial charge is 0.272 e. The number of aryl methyl sites for hydroxylation is 1. The third-order valence-electron chi connectivity index (χ3n) is 4.37. The summed E-state index contributed by atoms with van der Waals surface area (Å²) in [7, 11) is 1.48. The number of carbonyl (C=O) groups excluding carboxylic acids is 3. The highest BCUT2D eigenvalue weighted by Crippen LogP contribution is 2.11. The molecule has 9 nitrogen and oxygen atoms in total. The molecule has 2 rings (SSSR count). The van der Waals surface area contributed by atoms with Gasteiger partial charge in [-0.2, -0.15) is 5.10 Å². The van der Waals surface area contributed by atoms with Crippen molar-refractivity contribution in [1.29, 1.82) is 0 Å². The van der Waals surface area contributed by atoms with Crippen molar-refractivity contribution >= 4 is 17.7 Å². The number of amides is 3. The predicted molar refractivity (Wildman–Crippen MR) is 94.4 cm³/mol. The van der Waals surface area contributed by atoms with Gasteiger partial charge >= 0.3 is 0 Å². The molecule has 0 spiro atoms. The molecule has 1 saturated heterocycles. The summed E-state index contributed by atoms with van der Waals surface area (Å²) >= 11 is 0. The molecule has 9 heteroatoms. The van der Waals surface area contributed by atoms with Gasteiger partial charge in [0, 0.05) is 44.6 Å². The van der Waals surface area contributed by atoms with Gasteiger partial charge in [-0.1, -0.05) is 6.92 Å². The number of hydrogen-bond acceptors (Lipinski definition) is 5. The molecule has 1 fully saturated rings. The van der Waals surface area contributed by atoms with E-state index in [2.05, 4.69) is 21.0 Å². The van der Waals surface area contributed by atoms with E-state index in [1.54, 1.807) is 0 Å². The lowest BCUT2D eigenvalue weighted by molar-refractivity contribution is -0.122. The van der Waals surface area contributed by atoms with E-state index in [0.717, 1.165) is 11.1 Å². The van der Waals surface area contributed by atoms with Crippen LogP contribution in [0, 0.1) is 0 Å². The van der Waals surface area contributed by atoms with Gasteiger partial charge in [0.15, 0.2) is 0 Å². The topological polar surface area (TPSA) is 122 Å². The molecule has 142 valence electrons. The average Bonchev–Trinajstić information content (AvgIpc) is 3.04. The van der Waals surface area contributed by atoms with Crippen molar-refractivity contribution in [3.05, 3.63) is 28.2 Å². The first-order chi connectivity index (χ1) is 12.4. The Labute approximate surface area is 151 Å². The Bertz CT molecular complexity index is 730. The van der Waals surface area contributed by atoms with Crippen LogP contribution in [-0.2, 0) is 16.6 Å².